The van der Waals surface area contributed by atoms with Crippen molar-refractivity contribution in [1.29, 1.82) is 0 Å². The number of nitrogens with zero attached hydrogens (tertiary/aromatic N) is 1. The van der Waals surface area contributed by atoms with Gasteiger partial charge >= 0.3 is 0 Å². The smallest absolute Gasteiger partial charge is 0.235 e. The fraction of sp³-hybridized carbons (Fsp3) is 0.900. The number of piperidine rings is 1. The zero-order valence-corrected chi connectivity index (χ0v) is 9.28. The molecule has 1 amide bonds. The van der Waals surface area contributed by atoms with E-state index >= 15 is 0 Å². The molecule has 0 aromatic rings. The fourth-order valence-corrected chi connectivity index (χ4v) is 1.99. The maximum absolute atomic E-state index is 10.9. The van der Waals surface area contributed by atoms with Crippen molar-refractivity contribution >= 4 is 5.91 Å². The van der Waals surface area contributed by atoms with Crippen LogP contribution in [-0.2, 0) is 4.79 Å². The number of hydrogen-bond donors (Lipinski definition) is 3. The van der Waals surface area contributed by atoms with Crippen molar-refractivity contribution in [2.45, 2.75) is 32.3 Å². The molecular formula is C10H21N3O2. The van der Waals surface area contributed by atoms with Crippen molar-refractivity contribution in [3.63, 3.8) is 0 Å². The van der Waals surface area contributed by atoms with Crippen LogP contribution < -0.4 is 11.3 Å². The first kappa shape index (κ1) is 12.4. The van der Waals surface area contributed by atoms with E-state index in [4.69, 9.17) is 5.84 Å². The van der Waals surface area contributed by atoms with Gasteiger partial charge in [0, 0.05) is 13.0 Å². The lowest BCUT2D eigenvalue weighted by molar-refractivity contribution is -0.121. The van der Waals surface area contributed by atoms with E-state index in [1.54, 1.807) is 0 Å². The summed E-state index contributed by atoms with van der Waals surface area (Å²) in [5.74, 6) is 5.30. The number of nitrogens with one attached hydrogen (secondary N) is 1. The lowest BCUT2D eigenvalue weighted by Gasteiger charge is -2.32. The molecule has 1 atom stereocenters. The summed E-state index contributed by atoms with van der Waals surface area (Å²) in [5, 5.41) is 9.42. The van der Waals surface area contributed by atoms with Gasteiger partial charge in [-0.25, -0.2) is 5.84 Å². The summed E-state index contributed by atoms with van der Waals surface area (Å²) in [4.78, 5) is 13.2. The minimum Gasteiger partial charge on any atom is -0.393 e. The van der Waals surface area contributed by atoms with Crippen LogP contribution in [0.3, 0.4) is 0 Å². The molecule has 1 heterocycles. The van der Waals surface area contributed by atoms with Gasteiger partial charge in [0.05, 0.1) is 6.10 Å². The van der Waals surface area contributed by atoms with Crippen LogP contribution in [0.1, 0.15) is 26.2 Å². The van der Waals surface area contributed by atoms with Crippen LogP contribution in [0.2, 0.25) is 0 Å². The minimum absolute atomic E-state index is 0.118. The molecule has 5 nitrogen and oxygen atoms in total. The average molecular weight is 215 g/mol. The highest BCUT2D eigenvalue weighted by atomic mass is 16.3. The molecule has 1 fully saturated rings. The first-order valence-corrected chi connectivity index (χ1v) is 5.53. The van der Waals surface area contributed by atoms with Crippen LogP contribution in [0.4, 0.5) is 0 Å². The summed E-state index contributed by atoms with van der Waals surface area (Å²) in [7, 11) is 0. The lowest BCUT2D eigenvalue weighted by Crippen LogP contribution is -2.39. The molecule has 0 aromatic heterocycles. The molecule has 0 saturated carbocycles. The van der Waals surface area contributed by atoms with Crippen LogP contribution in [0, 0.1) is 5.92 Å². The van der Waals surface area contributed by atoms with E-state index in [0.29, 0.717) is 12.3 Å². The van der Waals surface area contributed by atoms with Gasteiger partial charge in [0.2, 0.25) is 5.91 Å². The van der Waals surface area contributed by atoms with Crippen molar-refractivity contribution in [3.8, 4) is 0 Å². The van der Waals surface area contributed by atoms with Gasteiger partial charge in [-0.2, -0.15) is 0 Å². The van der Waals surface area contributed by atoms with E-state index in [9.17, 15) is 9.90 Å². The second-order valence-electron chi connectivity index (χ2n) is 4.24. The molecule has 1 rings (SSSR count). The molecule has 4 N–H and O–H groups in total. The van der Waals surface area contributed by atoms with E-state index in [0.717, 1.165) is 32.5 Å². The van der Waals surface area contributed by atoms with Gasteiger partial charge in [0.15, 0.2) is 0 Å². The Hall–Kier alpha value is -0.650. The Morgan fingerprint density at radius 3 is 2.67 bits per heavy atom. The predicted molar refractivity (Wildman–Crippen MR) is 57.8 cm³/mol. The summed E-state index contributed by atoms with van der Waals surface area (Å²) in [6, 6.07) is 0. The van der Waals surface area contributed by atoms with Gasteiger partial charge in [-0.1, -0.05) is 0 Å². The molecule has 1 aliphatic rings. The number of hydrazine groups is 1. The molecule has 15 heavy (non-hydrogen) atoms. The molecule has 0 radical (unpaired) electrons. The van der Waals surface area contributed by atoms with Gasteiger partial charge in [0.1, 0.15) is 0 Å². The molecule has 0 aliphatic carbocycles. The third-order valence-electron chi connectivity index (χ3n) is 3.13. The Balaban J connectivity index is 2.17. The molecule has 1 saturated heterocycles. The maximum atomic E-state index is 10.9. The zero-order chi connectivity index (χ0) is 11.3. The topological polar surface area (TPSA) is 78.6 Å². The SMILES string of the molecule is CC(O)C1CCN(CCC(=O)NN)CC1. The number of aliphatic hydroxyl groups excluding tert-OH is 1. The second kappa shape index (κ2) is 6.05. The quantitative estimate of drug-likeness (QED) is 0.334. The fourth-order valence-electron chi connectivity index (χ4n) is 1.99. The Bertz CT molecular complexity index is 201. The number of nitrogens with two attached hydrogens (primary N) is 1. The van der Waals surface area contributed by atoms with Crippen LogP contribution in [0.15, 0.2) is 0 Å². The highest BCUT2D eigenvalue weighted by Gasteiger charge is 2.22. The summed E-state index contributed by atoms with van der Waals surface area (Å²) < 4.78 is 0. The standard InChI is InChI=1S/C10H21N3O2/c1-8(14)9-2-5-13(6-3-9)7-4-10(15)12-11/h8-9,14H,2-7,11H2,1H3,(H,12,15). The first-order valence-electron chi connectivity index (χ1n) is 5.53. The number of amides is 1. The third kappa shape index (κ3) is 4.15. The van der Waals surface area contributed by atoms with Gasteiger partial charge in [-0.05, 0) is 38.8 Å². The maximum Gasteiger partial charge on any atom is 0.235 e. The Labute approximate surface area is 90.6 Å². The molecule has 0 spiro atoms. The van der Waals surface area contributed by atoms with Crippen molar-refractivity contribution in [1.82, 2.24) is 10.3 Å². The van der Waals surface area contributed by atoms with E-state index in [2.05, 4.69) is 10.3 Å². The largest absolute Gasteiger partial charge is 0.393 e. The van der Waals surface area contributed by atoms with Crippen LogP contribution in [-0.4, -0.2) is 41.7 Å². The number of hydrogen-bond acceptors (Lipinski definition) is 4. The highest BCUT2D eigenvalue weighted by molar-refractivity contribution is 5.75. The first-order chi connectivity index (χ1) is 7.13. The summed E-state index contributed by atoms with van der Waals surface area (Å²) in [5.41, 5.74) is 2.13. The van der Waals surface area contributed by atoms with E-state index in [1.807, 2.05) is 6.92 Å². The van der Waals surface area contributed by atoms with E-state index < -0.39 is 0 Å². The second-order valence-corrected chi connectivity index (χ2v) is 4.24. The molecule has 1 aliphatic heterocycles. The molecule has 0 aromatic carbocycles. The molecular weight excluding hydrogens is 194 g/mol. The van der Waals surface area contributed by atoms with Crippen molar-refractivity contribution in [2.24, 2.45) is 11.8 Å². The number of aliphatic hydroxyl groups is 1. The summed E-state index contributed by atoms with van der Waals surface area (Å²) in [6.07, 6.45) is 2.28. The Kier molecular flexibility index (Phi) is 5.01. The Morgan fingerprint density at radius 2 is 2.20 bits per heavy atom. The molecule has 0 bridgehead atoms. The van der Waals surface area contributed by atoms with Crippen LogP contribution in [0.25, 0.3) is 0 Å². The van der Waals surface area contributed by atoms with Crippen molar-refractivity contribution in [2.75, 3.05) is 19.6 Å². The van der Waals surface area contributed by atoms with E-state index in [-0.39, 0.29) is 12.0 Å². The summed E-state index contributed by atoms with van der Waals surface area (Å²) in [6.45, 7) is 4.54. The highest BCUT2D eigenvalue weighted by Crippen LogP contribution is 2.20. The lowest BCUT2D eigenvalue weighted by atomic mass is 9.92. The van der Waals surface area contributed by atoms with Crippen molar-refractivity contribution < 1.29 is 9.90 Å². The zero-order valence-electron chi connectivity index (χ0n) is 9.28. The van der Waals surface area contributed by atoms with Gasteiger partial charge in [0.25, 0.3) is 0 Å². The van der Waals surface area contributed by atoms with Gasteiger partial charge < -0.3 is 10.0 Å². The minimum atomic E-state index is -0.209. The normalized spacial score (nSPS) is 21.3. The number of carbonyl (C=O) groups excluding carboxylic acids is 1. The number of likely N-dealkylation sites (tertiary alicyclic amines) is 1. The molecule has 1 unspecified atom stereocenters. The number of rotatable bonds is 4. The van der Waals surface area contributed by atoms with Crippen LogP contribution >= 0.6 is 0 Å². The molecule has 88 valence electrons. The average Bonchev–Trinajstić information content (AvgIpc) is 2.26. The number of carbonyl (C=O) groups is 1. The van der Waals surface area contributed by atoms with Crippen LogP contribution in [0.5, 0.6) is 0 Å². The van der Waals surface area contributed by atoms with Gasteiger partial charge in [-0.3, -0.25) is 10.2 Å². The summed E-state index contributed by atoms with van der Waals surface area (Å²) >= 11 is 0. The molecule has 5 heteroatoms. The monoisotopic (exact) mass is 215 g/mol. The predicted octanol–water partition coefficient (Wildman–Crippen LogP) is -0.541. The van der Waals surface area contributed by atoms with E-state index in [1.165, 1.54) is 0 Å². The van der Waals surface area contributed by atoms with Gasteiger partial charge in [-0.15, -0.1) is 0 Å². The van der Waals surface area contributed by atoms with Crippen molar-refractivity contribution in [3.05, 3.63) is 0 Å². The third-order valence-corrected chi connectivity index (χ3v) is 3.13. The Morgan fingerprint density at radius 1 is 1.60 bits per heavy atom.